The highest BCUT2D eigenvalue weighted by molar-refractivity contribution is 6.35. The van der Waals surface area contributed by atoms with Gasteiger partial charge in [0.25, 0.3) is 0 Å². The van der Waals surface area contributed by atoms with Gasteiger partial charge < -0.3 is 9.42 Å². The lowest BCUT2D eigenvalue weighted by molar-refractivity contribution is 0.358. The molecule has 0 saturated carbocycles. The Kier molecular flexibility index (Phi) is 4.07. The zero-order valence-electron chi connectivity index (χ0n) is 14.0. The molecule has 7 heteroatoms. The number of hydrogen-bond acceptors (Lipinski definition) is 5. The summed E-state index contributed by atoms with van der Waals surface area (Å²) in [4.78, 5) is 10.7. The fraction of sp³-hybridized carbons (Fsp3) is 0.389. The summed E-state index contributed by atoms with van der Waals surface area (Å²) in [5, 5.41) is 5.22. The van der Waals surface area contributed by atoms with Gasteiger partial charge >= 0.3 is 0 Å². The van der Waals surface area contributed by atoms with Crippen molar-refractivity contribution in [1.29, 1.82) is 0 Å². The zero-order valence-corrected chi connectivity index (χ0v) is 14.8. The summed E-state index contributed by atoms with van der Waals surface area (Å²) in [6.45, 7) is 4.74. The molecule has 5 nitrogen and oxygen atoms in total. The Hall–Kier alpha value is -2.21. The summed E-state index contributed by atoms with van der Waals surface area (Å²) in [5.74, 6) is 1.02. The van der Waals surface area contributed by atoms with E-state index in [4.69, 9.17) is 16.1 Å². The van der Waals surface area contributed by atoms with Crippen LogP contribution < -0.4 is 4.90 Å². The normalized spacial score (nSPS) is 17.8. The maximum absolute atomic E-state index is 15.1. The number of benzene rings is 1. The largest absolute Gasteiger partial charge is 0.359 e. The summed E-state index contributed by atoms with van der Waals surface area (Å²) >= 11 is 6.15. The van der Waals surface area contributed by atoms with Gasteiger partial charge in [0.05, 0.1) is 16.8 Å². The minimum absolute atomic E-state index is 0.0950. The Bertz CT molecular complexity index is 927. The average Bonchev–Trinajstić information content (AvgIpc) is 3.24. The maximum Gasteiger partial charge on any atom is 0.229 e. The molecule has 1 saturated heterocycles. The molecule has 0 radical (unpaired) electrons. The average molecular weight is 361 g/mol. The van der Waals surface area contributed by atoms with Gasteiger partial charge in [-0.05, 0) is 31.0 Å². The standard InChI is InChI=1S/C18H18ClFN4O/c1-10(2)18-22-17(23-25-18)14-4-3-9-24(14)13-6-5-11-12(19)7-8-21-16(11)15(13)20/h5-8,10,14H,3-4,9H2,1-2H3. The molecule has 1 aromatic carbocycles. The van der Waals surface area contributed by atoms with Crippen LogP contribution in [0.5, 0.6) is 0 Å². The van der Waals surface area contributed by atoms with Crippen LogP contribution >= 0.6 is 11.6 Å². The first-order valence-electron chi connectivity index (χ1n) is 8.39. The quantitative estimate of drug-likeness (QED) is 0.666. The van der Waals surface area contributed by atoms with E-state index in [0.29, 0.717) is 27.8 Å². The highest BCUT2D eigenvalue weighted by atomic mass is 35.5. The summed E-state index contributed by atoms with van der Waals surface area (Å²) in [6, 6.07) is 5.14. The van der Waals surface area contributed by atoms with Crippen LogP contribution in [0.25, 0.3) is 10.9 Å². The van der Waals surface area contributed by atoms with E-state index >= 15 is 4.39 Å². The third-order valence-electron chi connectivity index (χ3n) is 4.59. The van der Waals surface area contributed by atoms with Crippen molar-refractivity contribution in [1.82, 2.24) is 15.1 Å². The van der Waals surface area contributed by atoms with Crippen molar-refractivity contribution in [3.63, 3.8) is 0 Å². The number of hydrogen-bond donors (Lipinski definition) is 0. The van der Waals surface area contributed by atoms with E-state index < -0.39 is 0 Å². The van der Waals surface area contributed by atoms with Gasteiger partial charge in [-0.1, -0.05) is 30.6 Å². The molecule has 0 aliphatic carbocycles. The second-order valence-corrected chi connectivity index (χ2v) is 6.99. The molecule has 3 aromatic rings. The lowest BCUT2D eigenvalue weighted by Gasteiger charge is -2.25. The van der Waals surface area contributed by atoms with Gasteiger partial charge in [-0.3, -0.25) is 4.98 Å². The number of rotatable bonds is 3. The Labute approximate surface area is 149 Å². The van der Waals surface area contributed by atoms with Crippen molar-refractivity contribution < 1.29 is 8.91 Å². The van der Waals surface area contributed by atoms with Gasteiger partial charge in [0.1, 0.15) is 5.52 Å². The summed E-state index contributed by atoms with van der Waals surface area (Å²) in [7, 11) is 0. The molecule has 25 heavy (non-hydrogen) atoms. The number of anilines is 1. The molecule has 3 heterocycles. The Balaban J connectivity index is 1.75. The predicted octanol–water partition coefficient (Wildman–Crippen LogP) is 4.88. The highest BCUT2D eigenvalue weighted by Gasteiger charge is 2.32. The van der Waals surface area contributed by atoms with Crippen LogP contribution in [-0.4, -0.2) is 21.7 Å². The van der Waals surface area contributed by atoms with Crippen LogP contribution in [0.2, 0.25) is 5.02 Å². The minimum atomic E-state index is -0.362. The summed E-state index contributed by atoms with van der Waals surface area (Å²) in [5.41, 5.74) is 0.785. The Morgan fingerprint density at radius 2 is 2.16 bits per heavy atom. The van der Waals surface area contributed by atoms with Gasteiger partial charge in [0, 0.05) is 24.0 Å². The second kappa shape index (κ2) is 6.26. The van der Waals surface area contributed by atoms with E-state index in [9.17, 15) is 0 Å². The second-order valence-electron chi connectivity index (χ2n) is 6.58. The molecule has 1 unspecified atom stereocenters. The van der Waals surface area contributed by atoms with Gasteiger partial charge in [-0.15, -0.1) is 0 Å². The molecule has 1 aliphatic rings. The Morgan fingerprint density at radius 1 is 1.32 bits per heavy atom. The van der Waals surface area contributed by atoms with Crippen molar-refractivity contribution in [3.05, 3.63) is 47.0 Å². The van der Waals surface area contributed by atoms with Gasteiger partial charge in [0.15, 0.2) is 11.6 Å². The van der Waals surface area contributed by atoms with Crippen LogP contribution in [0.3, 0.4) is 0 Å². The summed E-state index contributed by atoms with van der Waals surface area (Å²) in [6.07, 6.45) is 3.32. The third kappa shape index (κ3) is 2.74. The molecule has 4 rings (SSSR count). The fourth-order valence-corrected chi connectivity index (χ4v) is 3.51. The van der Waals surface area contributed by atoms with Gasteiger partial charge in [-0.25, -0.2) is 4.39 Å². The molecule has 2 aromatic heterocycles. The monoisotopic (exact) mass is 360 g/mol. The molecular weight excluding hydrogens is 343 g/mol. The molecule has 0 amide bonds. The van der Waals surface area contributed by atoms with Crippen LogP contribution in [0.1, 0.15) is 50.4 Å². The van der Waals surface area contributed by atoms with Crippen LogP contribution in [0.15, 0.2) is 28.9 Å². The third-order valence-corrected chi connectivity index (χ3v) is 4.92. The topological polar surface area (TPSA) is 55.1 Å². The SMILES string of the molecule is CC(C)c1nc(C2CCCN2c2ccc3c(Cl)ccnc3c2F)no1. The van der Waals surface area contributed by atoms with E-state index in [2.05, 4.69) is 15.1 Å². The van der Waals surface area contributed by atoms with Gasteiger partial charge in [-0.2, -0.15) is 4.98 Å². The summed E-state index contributed by atoms with van der Waals surface area (Å²) < 4.78 is 20.4. The molecule has 1 fully saturated rings. The van der Waals surface area contributed by atoms with Crippen molar-refractivity contribution in [2.24, 2.45) is 0 Å². The highest BCUT2D eigenvalue weighted by Crippen LogP contribution is 2.38. The zero-order chi connectivity index (χ0) is 17.6. The van der Waals surface area contributed by atoms with E-state index in [0.717, 1.165) is 19.4 Å². The lowest BCUT2D eigenvalue weighted by Crippen LogP contribution is -2.24. The van der Waals surface area contributed by atoms with Gasteiger partial charge in [0.2, 0.25) is 5.89 Å². The molecular formula is C18H18ClFN4O. The minimum Gasteiger partial charge on any atom is -0.359 e. The molecule has 130 valence electrons. The van der Waals surface area contributed by atoms with E-state index in [1.807, 2.05) is 24.8 Å². The Morgan fingerprint density at radius 3 is 2.92 bits per heavy atom. The first-order valence-corrected chi connectivity index (χ1v) is 8.77. The number of pyridine rings is 1. The van der Waals surface area contributed by atoms with E-state index in [-0.39, 0.29) is 23.3 Å². The van der Waals surface area contributed by atoms with Crippen LogP contribution in [-0.2, 0) is 0 Å². The number of fused-ring (bicyclic) bond motifs is 1. The molecule has 0 N–H and O–H groups in total. The fourth-order valence-electron chi connectivity index (χ4n) is 3.30. The molecule has 0 bridgehead atoms. The van der Waals surface area contributed by atoms with Crippen molar-refractivity contribution >= 4 is 28.2 Å². The van der Waals surface area contributed by atoms with E-state index in [1.165, 1.54) is 6.20 Å². The lowest BCUT2D eigenvalue weighted by atomic mass is 10.1. The number of nitrogens with zero attached hydrogens (tertiary/aromatic N) is 4. The first-order chi connectivity index (χ1) is 12.1. The first kappa shape index (κ1) is 16.3. The predicted molar refractivity (Wildman–Crippen MR) is 94.4 cm³/mol. The molecule has 1 aliphatic heterocycles. The number of aromatic nitrogens is 3. The smallest absolute Gasteiger partial charge is 0.229 e. The van der Waals surface area contributed by atoms with E-state index in [1.54, 1.807) is 12.1 Å². The molecule has 1 atom stereocenters. The van der Waals surface area contributed by atoms with Crippen LogP contribution in [0, 0.1) is 5.82 Å². The molecule has 0 spiro atoms. The van der Waals surface area contributed by atoms with Crippen molar-refractivity contribution in [2.75, 3.05) is 11.4 Å². The van der Waals surface area contributed by atoms with Crippen molar-refractivity contribution in [2.45, 2.75) is 38.6 Å². The maximum atomic E-state index is 15.1. The van der Waals surface area contributed by atoms with Crippen LogP contribution in [0.4, 0.5) is 10.1 Å². The number of halogens is 2. The van der Waals surface area contributed by atoms with Crippen molar-refractivity contribution in [3.8, 4) is 0 Å².